The van der Waals surface area contributed by atoms with Crippen LogP contribution in [0.1, 0.15) is 32.8 Å². The minimum absolute atomic E-state index is 0.177. The summed E-state index contributed by atoms with van der Waals surface area (Å²) in [6, 6.07) is 6.37. The third kappa shape index (κ3) is 4.00. The highest BCUT2D eigenvalue weighted by atomic mass is 79.9. The highest BCUT2D eigenvalue weighted by Crippen LogP contribution is 2.33. The van der Waals surface area contributed by atoms with Crippen LogP contribution in [0.4, 0.5) is 0 Å². The molecule has 3 heteroatoms. The van der Waals surface area contributed by atoms with E-state index in [0.29, 0.717) is 6.61 Å². The molecule has 0 atom stereocenters. The van der Waals surface area contributed by atoms with Gasteiger partial charge in [0.1, 0.15) is 5.75 Å². The smallest absolute Gasteiger partial charge is 0.133 e. The third-order valence-corrected chi connectivity index (χ3v) is 3.63. The standard InChI is InChI=1S/C14H22BrNO/c1-5-17-13-7-6-11(10-12(13)15)14(2,3)8-9-16-4/h6-7,10,16H,5,8-9H2,1-4H3. The monoisotopic (exact) mass is 299 g/mol. The second kappa shape index (κ2) is 6.41. The van der Waals surface area contributed by atoms with Crippen molar-refractivity contribution in [3.8, 4) is 5.75 Å². The van der Waals surface area contributed by atoms with E-state index in [-0.39, 0.29) is 5.41 Å². The van der Waals surface area contributed by atoms with Gasteiger partial charge in [0.05, 0.1) is 11.1 Å². The minimum atomic E-state index is 0.177. The molecule has 96 valence electrons. The van der Waals surface area contributed by atoms with Crippen LogP contribution in [0.2, 0.25) is 0 Å². The van der Waals surface area contributed by atoms with Gasteiger partial charge in [0, 0.05) is 0 Å². The van der Waals surface area contributed by atoms with Crippen LogP contribution in [0.25, 0.3) is 0 Å². The van der Waals surface area contributed by atoms with E-state index in [2.05, 4.69) is 47.2 Å². The molecule has 0 amide bonds. The van der Waals surface area contributed by atoms with Crippen LogP contribution in [0.3, 0.4) is 0 Å². The third-order valence-electron chi connectivity index (χ3n) is 3.01. The Morgan fingerprint density at radius 3 is 2.59 bits per heavy atom. The molecule has 0 spiro atoms. The van der Waals surface area contributed by atoms with Crippen molar-refractivity contribution in [3.05, 3.63) is 28.2 Å². The normalized spacial score (nSPS) is 11.6. The van der Waals surface area contributed by atoms with Gasteiger partial charge in [0.25, 0.3) is 0 Å². The molecule has 0 aliphatic heterocycles. The highest BCUT2D eigenvalue weighted by molar-refractivity contribution is 9.10. The largest absolute Gasteiger partial charge is 0.493 e. The molecule has 0 aliphatic carbocycles. The number of rotatable bonds is 6. The molecule has 1 rings (SSSR count). The van der Waals surface area contributed by atoms with Gasteiger partial charge in [-0.25, -0.2) is 0 Å². The molecule has 17 heavy (non-hydrogen) atoms. The van der Waals surface area contributed by atoms with Crippen LogP contribution < -0.4 is 10.1 Å². The van der Waals surface area contributed by atoms with Gasteiger partial charge in [-0.2, -0.15) is 0 Å². The number of hydrogen-bond acceptors (Lipinski definition) is 2. The highest BCUT2D eigenvalue weighted by Gasteiger charge is 2.20. The molecule has 0 heterocycles. The number of halogens is 1. The Hall–Kier alpha value is -0.540. The number of ether oxygens (including phenoxy) is 1. The summed E-state index contributed by atoms with van der Waals surface area (Å²) in [5.41, 5.74) is 1.51. The average molecular weight is 300 g/mol. The van der Waals surface area contributed by atoms with Crippen molar-refractivity contribution in [1.29, 1.82) is 0 Å². The zero-order valence-corrected chi connectivity index (χ0v) is 12.7. The van der Waals surface area contributed by atoms with E-state index in [4.69, 9.17) is 4.74 Å². The van der Waals surface area contributed by atoms with Crippen molar-refractivity contribution in [1.82, 2.24) is 5.32 Å². The quantitative estimate of drug-likeness (QED) is 0.864. The van der Waals surface area contributed by atoms with Crippen molar-refractivity contribution in [2.45, 2.75) is 32.6 Å². The molecule has 0 fully saturated rings. The van der Waals surface area contributed by atoms with Gasteiger partial charge in [0.2, 0.25) is 0 Å². The molecule has 2 nitrogen and oxygen atoms in total. The molecule has 1 aromatic carbocycles. The van der Waals surface area contributed by atoms with E-state index in [1.165, 1.54) is 5.56 Å². The lowest BCUT2D eigenvalue weighted by atomic mass is 9.81. The zero-order chi connectivity index (χ0) is 12.9. The van der Waals surface area contributed by atoms with Gasteiger partial charge in [-0.3, -0.25) is 0 Å². The van der Waals surface area contributed by atoms with E-state index in [9.17, 15) is 0 Å². The summed E-state index contributed by atoms with van der Waals surface area (Å²) in [6.07, 6.45) is 1.12. The van der Waals surface area contributed by atoms with Crippen molar-refractivity contribution in [2.75, 3.05) is 20.2 Å². The Morgan fingerprint density at radius 1 is 1.35 bits per heavy atom. The summed E-state index contributed by atoms with van der Waals surface area (Å²) >= 11 is 3.57. The molecule has 0 aliphatic rings. The Labute approximate surface area is 113 Å². The van der Waals surface area contributed by atoms with Crippen molar-refractivity contribution >= 4 is 15.9 Å². The lowest BCUT2D eigenvalue weighted by molar-refractivity contribution is 0.337. The second-order valence-corrected chi connectivity index (χ2v) is 5.67. The predicted molar refractivity (Wildman–Crippen MR) is 76.9 cm³/mol. The Bertz CT molecular complexity index is 363. The number of hydrogen-bond donors (Lipinski definition) is 1. The summed E-state index contributed by atoms with van der Waals surface area (Å²) < 4.78 is 6.56. The van der Waals surface area contributed by atoms with Crippen LogP contribution >= 0.6 is 15.9 Å². The van der Waals surface area contributed by atoms with Crippen LogP contribution in [0.5, 0.6) is 5.75 Å². The predicted octanol–water partition coefficient (Wildman–Crippen LogP) is 3.73. The molecule has 1 aromatic rings. The molecule has 0 unspecified atom stereocenters. The fourth-order valence-electron chi connectivity index (χ4n) is 1.78. The van der Waals surface area contributed by atoms with Gasteiger partial charge >= 0.3 is 0 Å². The maximum Gasteiger partial charge on any atom is 0.133 e. The number of nitrogens with one attached hydrogen (secondary N) is 1. The summed E-state index contributed by atoms with van der Waals surface area (Å²) in [5, 5.41) is 3.20. The van der Waals surface area contributed by atoms with E-state index < -0.39 is 0 Å². The zero-order valence-electron chi connectivity index (χ0n) is 11.1. The van der Waals surface area contributed by atoms with E-state index in [1.54, 1.807) is 0 Å². The van der Waals surface area contributed by atoms with Crippen LogP contribution in [0.15, 0.2) is 22.7 Å². The van der Waals surface area contributed by atoms with Gasteiger partial charge in [0.15, 0.2) is 0 Å². The Morgan fingerprint density at radius 2 is 2.06 bits per heavy atom. The molecule has 1 N–H and O–H groups in total. The fourth-order valence-corrected chi connectivity index (χ4v) is 2.27. The lowest BCUT2D eigenvalue weighted by Gasteiger charge is -2.26. The Kier molecular flexibility index (Phi) is 5.47. The molecular formula is C14H22BrNO. The van der Waals surface area contributed by atoms with Crippen LogP contribution in [-0.2, 0) is 5.41 Å². The average Bonchev–Trinajstić information content (AvgIpc) is 2.29. The maximum atomic E-state index is 5.53. The first kappa shape index (κ1) is 14.5. The van der Waals surface area contributed by atoms with Crippen molar-refractivity contribution in [2.24, 2.45) is 0 Å². The van der Waals surface area contributed by atoms with Gasteiger partial charge in [-0.1, -0.05) is 19.9 Å². The van der Waals surface area contributed by atoms with Crippen LogP contribution in [-0.4, -0.2) is 20.2 Å². The number of benzene rings is 1. The fraction of sp³-hybridized carbons (Fsp3) is 0.571. The first-order chi connectivity index (χ1) is 8.01. The summed E-state index contributed by atoms with van der Waals surface area (Å²) in [6.45, 7) is 8.26. The Balaban J connectivity index is 2.88. The lowest BCUT2D eigenvalue weighted by Crippen LogP contribution is -2.23. The molecule has 0 radical (unpaired) electrons. The SMILES string of the molecule is CCOc1ccc(C(C)(C)CCNC)cc1Br. The topological polar surface area (TPSA) is 21.3 Å². The second-order valence-electron chi connectivity index (χ2n) is 4.82. The van der Waals surface area contributed by atoms with Crippen molar-refractivity contribution in [3.63, 3.8) is 0 Å². The van der Waals surface area contributed by atoms with Crippen molar-refractivity contribution < 1.29 is 4.74 Å². The van der Waals surface area contributed by atoms with Gasteiger partial charge in [-0.05, 0) is 66.0 Å². The summed E-state index contributed by atoms with van der Waals surface area (Å²) in [7, 11) is 1.99. The molecular weight excluding hydrogens is 278 g/mol. The van der Waals surface area contributed by atoms with E-state index in [0.717, 1.165) is 23.2 Å². The molecule has 0 saturated heterocycles. The summed E-state index contributed by atoms with van der Waals surface area (Å²) in [4.78, 5) is 0. The molecule has 0 aromatic heterocycles. The molecule has 0 bridgehead atoms. The minimum Gasteiger partial charge on any atom is -0.493 e. The van der Waals surface area contributed by atoms with Crippen LogP contribution in [0, 0.1) is 0 Å². The summed E-state index contributed by atoms with van der Waals surface area (Å²) in [5.74, 6) is 0.917. The first-order valence-electron chi connectivity index (χ1n) is 6.08. The van der Waals surface area contributed by atoms with E-state index >= 15 is 0 Å². The maximum absolute atomic E-state index is 5.53. The van der Waals surface area contributed by atoms with Gasteiger partial charge in [-0.15, -0.1) is 0 Å². The first-order valence-corrected chi connectivity index (χ1v) is 6.88. The van der Waals surface area contributed by atoms with Gasteiger partial charge < -0.3 is 10.1 Å². The molecule has 0 saturated carbocycles. The van der Waals surface area contributed by atoms with E-state index in [1.807, 2.05) is 20.0 Å².